The van der Waals surface area contributed by atoms with Gasteiger partial charge in [0.25, 0.3) is 0 Å². The van der Waals surface area contributed by atoms with Crippen LogP contribution in [0.5, 0.6) is 0 Å². The summed E-state index contributed by atoms with van der Waals surface area (Å²) >= 11 is 0. The molecular formula is C45H54N2+2. The Hall–Kier alpha value is -3.78. The average molecular weight is 623 g/mol. The largest absolute Gasteiger partial charge is 0.216 e. The molecule has 2 aromatic heterocycles. The number of aromatic nitrogens is 2. The molecule has 242 valence electrons. The van der Waals surface area contributed by atoms with Gasteiger partial charge in [-0.05, 0) is 96.5 Å². The quantitative estimate of drug-likeness (QED) is 0.172. The molecule has 2 aliphatic rings. The molecule has 0 saturated heterocycles. The lowest BCUT2D eigenvalue weighted by Gasteiger charge is -2.42. The molecule has 1 atom stereocenters. The van der Waals surface area contributed by atoms with Gasteiger partial charge in [0.1, 0.15) is 0 Å². The van der Waals surface area contributed by atoms with Gasteiger partial charge in [-0.25, -0.2) is 0 Å². The fourth-order valence-electron chi connectivity index (χ4n) is 9.28. The van der Waals surface area contributed by atoms with Gasteiger partial charge in [0.2, 0.25) is 16.9 Å². The summed E-state index contributed by atoms with van der Waals surface area (Å²) in [5.74, 6) is 0.355. The highest BCUT2D eigenvalue weighted by molar-refractivity contribution is 5.81. The number of benzene rings is 3. The molecule has 1 aliphatic heterocycles. The van der Waals surface area contributed by atoms with Crippen molar-refractivity contribution in [3.8, 4) is 22.5 Å². The van der Waals surface area contributed by atoms with Crippen molar-refractivity contribution in [3.05, 3.63) is 118 Å². The fourth-order valence-corrected chi connectivity index (χ4v) is 9.28. The summed E-state index contributed by atoms with van der Waals surface area (Å²) in [5, 5.41) is 1.35. The van der Waals surface area contributed by atoms with E-state index in [1.54, 1.807) is 0 Å². The minimum absolute atomic E-state index is 0.0452. The van der Waals surface area contributed by atoms with Crippen molar-refractivity contribution >= 4 is 10.9 Å². The van der Waals surface area contributed by atoms with Crippen LogP contribution in [-0.4, -0.2) is 0 Å². The molecule has 47 heavy (non-hydrogen) atoms. The van der Waals surface area contributed by atoms with E-state index in [1.807, 2.05) is 0 Å². The van der Waals surface area contributed by atoms with Gasteiger partial charge in [0.05, 0.1) is 11.5 Å². The first-order valence-electron chi connectivity index (χ1n) is 18.1. The van der Waals surface area contributed by atoms with Gasteiger partial charge in [-0.15, -0.1) is 0 Å². The molecule has 0 N–H and O–H groups in total. The second kappa shape index (κ2) is 11.4. The summed E-state index contributed by atoms with van der Waals surface area (Å²) in [5.41, 5.74) is 15.9. The number of hydrogen-bond acceptors (Lipinski definition) is 0. The first-order valence-corrected chi connectivity index (χ1v) is 18.1. The summed E-state index contributed by atoms with van der Waals surface area (Å²) < 4.78 is 5.35. The van der Waals surface area contributed by atoms with E-state index < -0.39 is 0 Å². The Morgan fingerprint density at radius 3 is 2.09 bits per heavy atom. The van der Waals surface area contributed by atoms with Gasteiger partial charge in [0.15, 0.2) is 18.3 Å². The molecule has 1 aliphatic carbocycles. The minimum atomic E-state index is 0.0452. The molecule has 7 rings (SSSR count). The molecule has 0 amide bonds. The lowest BCUT2D eigenvalue weighted by atomic mass is 9.62. The van der Waals surface area contributed by atoms with Gasteiger partial charge >= 0.3 is 0 Å². The second-order valence-corrected chi connectivity index (χ2v) is 16.1. The van der Waals surface area contributed by atoms with Crippen molar-refractivity contribution in [2.75, 3.05) is 0 Å². The van der Waals surface area contributed by atoms with Crippen LogP contribution in [0.1, 0.15) is 113 Å². The summed E-state index contributed by atoms with van der Waals surface area (Å²) in [6.07, 6.45) is 8.13. The molecule has 0 spiro atoms. The molecule has 2 nitrogen and oxygen atoms in total. The maximum Gasteiger partial charge on any atom is 0.216 e. The normalized spacial score (nSPS) is 19.0. The van der Waals surface area contributed by atoms with Crippen LogP contribution in [0, 0.1) is 20.8 Å². The van der Waals surface area contributed by atoms with Crippen LogP contribution in [0.2, 0.25) is 0 Å². The van der Waals surface area contributed by atoms with Crippen LogP contribution >= 0.6 is 0 Å². The molecule has 3 aromatic carbocycles. The fraction of sp³-hybridized carbons (Fsp3) is 0.422. The topological polar surface area (TPSA) is 7.76 Å². The predicted molar refractivity (Wildman–Crippen MR) is 197 cm³/mol. The first kappa shape index (κ1) is 31.8. The Morgan fingerprint density at radius 2 is 1.36 bits per heavy atom. The van der Waals surface area contributed by atoms with Crippen LogP contribution in [0.4, 0.5) is 0 Å². The van der Waals surface area contributed by atoms with Gasteiger partial charge < -0.3 is 0 Å². The highest BCUT2D eigenvalue weighted by Gasteiger charge is 2.46. The molecule has 0 bridgehead atoms. The number of aryl methyl sites for hydroxylation is 3. The van der Waals surface area contributed by atoms with E-state index in [9.17, 15) is 0 Å². The van der Waals surface area contributed by atoms with Crippen LogP contribution in [0.15, 0.2) is 85.1 Å². The van der Waals surface area contributed by atoms with Gasteiger partial charge in [0, 0.05) is 54.0 Å². The molecule has 3 heterocycles. The Labute approximate surface area is 283 Å². The Balaban J connectivity index is 1.48. The van der Waals surface area contributed by atoms with Crippen molar-refractivity contribution in [2.45, 2.75) is 123 Å². The lowest BCUT2D eigenvalue weighted by Crippen LogP contribution is -2.57. The Morgan fingerprint density at radius 1 is 0.681 bits per heavy atom. The van der Waals surface area contributed by atoms with Crippen molar-refractivity contribution in [1.82, 2.24) is 0 Å². The molecule has 5 aromatic rings. The van der Waals surface area contributed by atoms with Gasteiger partial charge in [-0.3, -0.25) is 0 Å². The highest BCUT2D eigenvalue weighted by atomic mass is 15.1. The molecule has 1 unspecified atom stereocenters. The molecule has 2 heteroatoms. The molecule has 0 fully saturated rings. The molecule has 0 saturated carbocycles. The van der Waals surface area contributed by atoms with Crippen LogP contribution in [0.25, 0.3) is 33.4 Å². The first-order chi connectivity index (χ1) is 22.4. The SMILES string of the molecule is CCC1(CC)CC(C[n+]2c(-c3cc4c(cc3C)C(C)(C)CCC4(C)C)ccc3c(C)cccc32)c2ccccc2-c2c(C)ccc[n+]21. The lowest BCUT2D eigenvalue weighted by molar-refractivity contribution is -0.759. The Bertz CT molecular complexity index is 2010. The van der Waals surface area contributed by atoms with Crippen LogP contribution in [-0.2, 0) is 22.9 Å². The summed E-state index contributed by atoms with van der Waals surface area (Å²) in [7, 11) is 0. The number of rotatable bonds is 5. The van der Waals surface area contributed by atoms with Crippen molar-refractivity contribution in [2.24, 2.45) is 0 Å². The van der Waals surface area contributed by atoms with Crippen molar-refractivity contribution in [1.29, 1.82) is 0 Å². The molecule has 0 radical (unpaired) electrons. The van der Waals surface area contributed by atoms with Crippen molar-refractivity contribution in [3.63, 3.8) is 0 Å². The highest BCUT2D eigenvalue weighted by Crippen LogP contribution is 2.48. The smallest absolute Gasteiger partial charge is 0.193 e. The van der Waals surface area contributed by atoms with E-state index in [0.717, 1.165) is 25.8 Å². The Kier molecular flexibility index (Phi) is 7.73. The zero-order valence-corrected chi connectivity index (χ0v) is 30.3. The van der Waals surface area contributed by atoms with Gasteiger partial charge in [-0.1, -0.05) is 77.9 Å². The maximum atomic E-state index is 2.70. The third-order valence-corrected chi connectivity index (χ3v) is 12.5. The zero-order valence-electron chi connectivity index (χ0n) is 30.3. The van der Waals surface area contributed by atoms with Crippen LogP contribution in [0.3, 0.4) is 0 Å². The van der Waals surface area contributed by atoms with E-state index in [1.165, 1.54) is 79.6 Å². The van der Waals surface area contributed by atoms with Crippen LogP contribution < -0.4 is 9.13 Å². The number of pyridine rings is 2. The number of hydrogen-bond donors (Lipinski definition) is 0. The second-order valence-electron chi connectivity index (χ2n) is 16.1. The van der Waals surface area contributed by atoms with E-state index >= 15 is 0 Å². The van der Waals surface area contributed by atoms with Gasteiger partial charge in [-0.2, -0.15) is 9.13 Å². The summed E-state index contributed by atoms with van der Waals surface area (Å²) in [6.45, 7) is 22.4. The number of nitrogens with zero attached hydrogens (tertiary/aromatic N) is 2. The van der Waals surface area contributed by atoms with E-state index in [4.69, 9.17) is 0 Å². The zero-order chi connectivity index (χ0) is 33.3. The standard InChI is InChI=1S/C45H54N2/c1-10-45(11-2)28-33(35-18-12-13-19-36(35)42-31(4)17-15-25-47(42)45)29-46-40-20-14-16-30(3)34(40)21-22-41(46)37-27-39-38(26-32(37)5)43(6,7)23-24-44(39,8)9/h12-22,25-27,33H,10-11,23-24,28-29H2,1-9H3/q+2. The molecular weight excluding hydrogens is 569 g/mol. The number of fused-ring (bicyclic) bond motifs is 5. The summed E-state index contributed by atoms with van der Waals surface area (Å²) in [4.78, 5) is 0. The monoisotopic (exact) mass is 622 g/mol. The average Bonchev–Trinajstić information content (AvgIpc) is 3.17. The third-order valence-electron chi connectivity index (χ3n) is 12.5. The third kappa shape index (κ3) is 5.06. The van der Waals surface area contributed by atoms with E-state index in [0.29, 0.717) is 5.92 Å². The predicted octanol–water partition coefficient (Wildman–Crippen LogP) is 10.7. The summed E-state index contributed by atoms with van der Waals surface area (Å²) in [6, 6.07) is 30.6. The van der Waals surface area contributed by atoms with E-state index in [2.05, 4.69) is 157 Å². The maximum absolute atomic E-state index is 2.70. The van der Waals surface area contributed by atoms with E-state index in [-0.39, 0.29) is 16.4 Å². The minimum Gasteiger partial charge on any atom is -0.193 e. The van der Waals surface area contributed by atoms with Crippen molar-refractivity contribution < 1.29 is 9.13 Å².